The number of aromatic nitrogens is 1. The van der Waals surface area contributed by atoms with Crippen LogP contribution in [-0.2, 0) is 10.7 Å². The maximum absolute atomic E-state index is 11.6. The Morgan fingerprint density at radius 1 is 1.67 bits per heavy atom. The molecule has 1 N–H and O–H groups in total. The van der Waals surface area contributed by atoms with Gasteiger partial charge in [0.2, 0.25) is 0 Å². The van der Waals surface area contributed by atoms with Crippen LogP contribution in [-0.4, -0.2) is 21.4 Å². The number of alkyl halides is 1. The third-order valence-electron chi connectivity index (χ3n) is 2.23. The Kier molecular flexibility index (Phi) is 2.75. The van der Waals surface area contributed by atoms with Gasteiger partial charge in [0.15, 0.2) is 0 Å². The van der Waals surface area contributed by atoms with Crippen molar-refractivity contribution >= 4 is 29.3 Å². The monoisotopic (exact) mass is 245 g/mol. The van der Waals surface area contributed by atoms with Crippen LogP contribution in [0.25, 0.3) is 0 Å². The zero-order chi connectivity index (χ0) is 11.0. The first kappa shape index (κ1) is 10.6. The average Bonchev–Trinajstić information content (AvgIpc) is 2.61. The first-order valence-corrected chi connectivity index (χ1v) is 5.82. The minimum absolute atomic E-state index is 0.265. The SMILES string of the molecule is O=C(O)C1CSc2cc(CCl)cc(=O)n21. The molecule has 4 nitrogen and oxygen atoms in total. The molecule has 0 bridgehead atoms. The van der Waals surface area contributed by atoms with Crippen molar-refractivity contribution in [2.45, 2.75) is 16.9 Å². The molecule has 6 heteroatoms. The average molecular weight is 246 g/mol. The maximum atomic E-state index is 11.6. The van der Waals surface area contributed by atoms with Gasteiger partial charge in [0, 0.05) is 17.7 Å². The van der Waals surface area contributed by atoms with Crippen molar-refractivity contribution in [2.75, 3.05) is 5.75 Å². The minimum Gasteiger partial charge on any atom is -0.480 e. The molecule has 0 radical (unpaired) electrons. The molecular formula is C9H8ClNO3S. The number of thioether (sulfide) groups is 1. The van der Waals surface area contributed by atoms with Crippen molar-refractivity contribution in [3.05, 3.63) is 28.0 Å². The molecule has 1 atom stereocenters. The third kappa shape index (κ3) is 1.77. The van der Waals surface area contributed by atoms with Crippen LogP contribution in [0.5, 0.6) is 0 Å². The zero-order valence-corrected chi connectivity index (χ0v) is 9.22. The van der Waals surface area contributed by atoms with Gasteiger partial charge >= 0.3 is 5.97 Å². The number of hydrogen-bond donors (Lipinski definition) is 1. The van der Waals surface area contributed by atoms with Crippen LogP contribution < -0.4 is 5.56 Å². The summed E-state index contributed by atoms with van der Waals surface area (Å²) in [6.45, 7) is 0. The van der Waals surface area contributed by atoms with E-state index in [1.807, 2.05) is 0 Å². The molecule has 0 amide bonds. The van der Waals surface area contributed by atoms with Gasteiger partial charge in [-0.15, -0.1) is 23.4 Å². The second-order valence-electron chi connectivity index (χ2n) is 3.21. The Hall–Kier alpha value is -0.940. The first-order chi connectivity index (χ1) is 7.13. The van der Waals surface area contributed by atoms with Crippen molar-refractivity contribution in [2.24, 2.45) is 0 Å². The predicted molar refractivity (Wildman–Crippen MR) is 57.7 cm³/mol. The standard InChI is InChI=1S/C9H8ClNO3S/c10-3-5-1-7(12)11-6(9(13)14)4-15-8(11)2-5/h1-2,6H,3-4H2,(H,13,14). The van der Waals surface area contributed by atoms with E-state index in [4.69, 9.17) is 16.7 Å². The lowest BCUT2D eigenvalue weighted by molar-refractivity contribution is -0.140. The Labute approximate surface area is 94.9 Å². The van der Waals surface area contributed by atoms with Crippen LogP contribution in [0, 0.1) is 0 Å². The lowest BCUT2D eigenvalue weighted by atomic mass is 10.2. The number of fused-ring (bicyclic) bond motifs is 1. The second-order valence-corrected chi connectivity index (χ2v) is 4.52. The molecule has 2 heterocycles. The maximum Gasteiger partial charge on any atom is 0.327 e. The minimum atomic E-state index is -0.970. The molecule has 0 aliphatic carbocycles. The molecular weight excluding hydrogens is 238 g/mol. The fourth-order valence-corrected chi connectivity index (χ4v) is 2.89. The van der Waals surface area contributed by atoms with E-state index >= 15 is 0 Å². The van der Waals surface area contributed by atoms with Gasteiger partial charge in [0.1, 0.15) is 6.04 Å². The van der Waals surface area contributed by atoms with Crippen molar-refractivity contribution < 1.29 is 9.90 Å². The Bertz CT molecular complexity index is 471. The normalized spacial score (nSPS) is 18.9. The van der Waals surface area contributed by atoms with E-state index < -0.39 is 12.0 Å². The van der Waals surface area contributed by atoms with Gasteiger partial charge < -0.3 is 5.11 Å². The fraction of sp³-hybridized carbons (Fsp3) is 0.333. The number of pyridine rings is 1. The quantitative estimate of drug-likeness (QED) is 0.799. The van der Waals surface area contributed by atoms with E-state index in [1.165, 1.54) is 22.4 Å². The van der Waals surface area contributed by atoms with E-state index in [2.05, 4.69) is 0 Å². The van der Waals surface area contributed by atoms with Crippen molar-refractivity contribution in [1.29, 1.82) is 0 Å². The Morgan fingerprint density at radius 3 is 3.00 bits per heavy atom. The molecule has 2 rings (SSSR count). The van der Waals surface area contributed by atoms with Gasteiger partial charge in [-0.05, 0) is 11.6 Å². The van der Waals surface area contributed by atoms with E-state index in [0.29, 0.717) is 10.8 Å². The summed E-state index contributed by atoms with van der Waals surface area (Å²) < 4.78 is 1.31. The van der Waals surface area contributed by atoms with Crippen LogP contribution in [0.3, 0.4) is 0 Å². The lowest BCUT2D eigenvalue weighted by Crippen LogP contribution is -2.28. The second kappa shape index (κ2) is 3.90. The molecule has 0 aromatic carbocycles. The third-order valence-corrected chi connectivity index (χ3v) is 3.63. The highest BCUT2D eigenvalue weighted by atomic mass is 35.5. The van der Waals surface area contributed by atoms with Gasteiger partial charge in [0.25, 0.3) is 5.56 Å². The molecule has 0 saturated carbocycles. The number of carboxylic acids is 1. The van der Waals surface area contributed by atoms with Gasteiger partial charge in [0.05, 0.1) is 5.03 Å². The van der Waals surface area contributed by atoms with E-state index in [-0.39, 0.29) is 11.4 Å². The number of carboxylic acid groups (broad SMARTS) is 1. The van der Waals surface area contributed by atoms with Crippen molar-refractivity contribution in [3.8, 4) is 0 Å². The molecule has 1 aliphatic rings. The van der Waals surface area contributed by atoms with Crippen molar-refractivity contribution in [1.82, 2.24) is 4.57 Å². The molecule has 1 unspecified atom stereocenters. The zero-order valence-electron chi connectivity index (χ0n) is 7.64. The molecule has 15 heavy (non-hydrogen) atoms. The topological polar surface area (TPSA) is 59.3 Å². The summed E-state index contributed by atoms with van der Waals surface area (Å²) >= 11 is 7.00. The van der Waals surface area contributed by atoms with Crippen LogP contribution in [0.15, 0.2) is 22.0 Å². The van der Waals surface area contributed by atoms with Gasteiger partial charge in [-0.1, -0.05) is 0 Å². The summed E-state index contributed by atoms with van der Waals surface area (Å²) in [5.41, 5.74) is 0.437. The number of rotatable bonds is 2. The molecule has 0 fully saturated rings. The molecule has 0 spiro atoms. The largest absolute Gasteiger partial charge is 0.480 e. The number of carbonyl (C=O) groups is 1. The predicted octanol–water partition coefficient (Wildman–Crippen LogP) is 1.32. The summed E-state index contributed by atoms with van der Waals surface area (Å²) in [6, 6.07) is 2.40. The summed E-state index contributed by atoms with van der Waals surface area (Å²) in [4.78, 5) is 22.5. The van der Waals surface area contributed by atoms with E-state index in [9.17, 15) is 9.59 Å². The number of halogens is 1. The molecule has 1 aliphatic heterocycles. The first-order valence-electron chi connectivity index (χ1n) is 4.30. The Balaban J connectivity index is 2.55. The molecule has 0 saturated heterocycles. The fourth-order valence-electron chi connectivity index (χ4n) is 1.52. The summed E-state index contributed by atoms with van der Waals surface area (Å²) in [5, 5.41) is 9.60. The van der Waals surface area contributed by atoms with E-state index in [0.717, 1.165) is 5.56 Å². The van der Waals surface area contributed by atoms with Gasteiger partial charge in [-0.25, -0.2) is 4.79 Å². The highest BCUT2D eigenvalue weighted by molar-refractivity contribution is 7.99. The lowest BCUT2D eigenvalue weighted by Gasteiger charge is -2.08. The molecule has 1 aromatic rings. The smallest absolute Gasteiger partial charge is 0.327 e. The highest BCUT2D eigenvalue weighted by Crippen LogP contribution is 2.32. The summed E-state index contributed by atoms with van der Waals surface area (Å²) in [5.74, 6) is -0.306. The van der Waals surface area contributed by atoms with E-state index in [1.54, 1.807) is 6.07 Å². The molecule has 1 aromatic heterocycles. The molecule has 80 valence electrons. The summed E-state index contributed by atoms with van der Waals surface area (Å²) in [7, 11) is 0. The van der Waals surface area contributed by atoms with Crippen LogP contribution >= 0.6 is 23.4 Å². The highest BCUT2D eigenvalue weighted by Gasteiger charge is 2.29. The summed E-state index contributed by atoms with van der Waals surface area (Å²) in [6.07, 6.45) is 0. The van der Waals surface area contributed by atoms with Gasteiger partial charge in [-0.3, -0.25) is 9.36 Å². The van der Waals surface area contributed by atoms with Crippen LogP contribution in [0.4, 0.5) is 0 Å². The van der Waals surface area contributed by atoms with Gasteiger partial charge in [-0.2, -0.15) is 0 Å². The van der Waals surface area contributed by atoms with Crippen molar-refractivity contribution in [3.63, 3.8) is 0 Å². The Morgan fingerprint density at radius 2 is 2.40 bits per heavy atom. The van der Waals surface area contributed by atoms with Crippen LogP contribution in [0.2, 0.25) is 0 Å². The number of hydrogen-bond acceptors (Lipinski definition) is 3. The number of nitrogens with zero attached hydrogens (tertiary/aromatic N) is 1. The number of aliphatic carboxylic acids is 1. The van der Waals surface area contributed by atoms with Crippen LogP contribution in [0.1, 0.15) is 11.6 Å².